The number of hydrogen-bond acceptors (Lipinski definition) is 4. The van der Waals surface area contributed by atoms with Crippen molar-refractivity contribution in [1.29, 1.82) is 0 Å². The molecule has 0 saturated heterocycles. The van der Waals surface area contributed by atoms with Crippen molar-refractivity contribution in [3.63, 3.8) is 0 Å². The number of carbonyl (C=O) groups is 1. The van der Waals surface area contributed by atoms with E-state index in [0.717, 1.165) is 11.3 Å². The number of carboxylic acid groups (broad SMARTS) is 1. The van der Waals surface area contributed by atoms with Crippen molar-refractivity contribution in [3.05, 3.63) is 42.4 Å². The normalized spacial score (nSPS) is 10.6. The van der Waals surface area contributed by atoms with E-state index in [-0.39, 0.29) is 5.56 Å². The molecule has 0 aliphatic heterocycles. The van der Waals surface area contributed by atoms with E-state index >= 15 is 0 Å². The lowest BCUT2D eigenvalue weighted by Gasteiger charge is -2.09. The molecule has 0 bridgehead atoms. The van der Waals surface area contributed by atoms with Crippen molar-refractivity contribution >= 4 is 5.97 Å². The fourth-order valence-corrected chi connectivity index (χ4v) is 1.69. The molecule has 0 unspecified atom stereocenters. The minimum Gasteiger partial charge on any atom is -0.493 e. The molecule has 5 heteroatoms. The number of rotatable bonds is 5. The van der Waals surface area contributed by atoms with Gasteiger partial charge in [-0.1, -0.05) is 13.8 Å². The van der Waals surface area contributed by atoms with E-state index in [9.17, 15) is 4.79 Å². The fraction of sp³-hybridized carbons (Fsp3) is 0.267. The van der Waals surface area contributed by atoms with Gasteiger partial charge in [-0.15, -0.1) is 0 Å². The van der Waals surface area contributed by atoms with Gasteiger partial charge in [0.1, 0.15) is 17.6 Å². The number of aromatic nitrogens is 2. The Morgan fingerprint density at radius 3 is 2.60 bits per heavy atom. The second kappa shape index (κ2) is 6.14. The van der Waals surface area contributed by atoms with Crippen LogP contribution in [0.5, 0.6) is 5.75 Å². The lowest BCUT2D eigenvalue weighted by Crippen LogP contribution is -2.04. The first-order valence-corrected chi connectivity index (χ1v) is 6.34. The van der Waals surface area contributed by atoms with Crippen molar-refractivity contribution < 1.29 is 14.6 Å². The summed E-state index contributed by atoms with van der Waals surface area (Å²) in [5, 5.41) is 9.12. The van der Waals surface area contributed by atoms with E-state index < -0.39 is 5.97 Å². The molecule has 0 spiro atoms. The number of ether oxygens (including phenoxy) is 1. The maximum atomic E-state index is 11.1. The van der Waals surface area contributed by atoms with E-state index in [1.807, 2.05) is 12.1 Å². The van der Waals surface area contributed by atoms with E-state index in [1.54, 1.807) is 12.1 Å². The lowest BCUT2D eigenvalue weighted by atomic mass is 10.1. The largest absolute Gasteiger partial charge is 0.493 e. The molecule has 2 rings (SSSR count). The van der Waals surface area contributed by atoms with Crippen LogP contribution in [-0.4, -0.2) is 27.7 Å². The summed E-state index contributed by atoms with van der Waals surface area (Å²) >= 11 is 0. The number of benzene rings is 1. The van der Waals surface area contributed by atoms with Gasteiger partial charge in [0.2, 0.25) is 0 Å². The van der Waals surface area contributed by atoms with Crippen molar-refractivity contribution in [3.8, 4) is 17.0 Å². The summed E-state index contributed by atoms with van der Waals surface area (Å²) in [6.07, 6.45) is 2.64. The van der Waals surface area contributed by atoms with Crippen LogP contribution in [0.25, 0.3) is 11.3 Å². The first kappa shape index (κ1) is 14.0. The molecule has 1 N–H and O–H groups in total. The molecule has 1 aromatic heterocycles. The Balaban J connectivity index is 2.24. The summed E-state index contributed by atoms with van der Waals surface area (Å²) in [7, 11) is 0. The van der Waals surface area contributed by atoms with Gasteiger partial charge in [0, 0.05) is 11.8 Å². The van der Waals surface area contributed by atoms with Crippen LogP contribution in [0.4, 0.5) is 0 Å². The minimum atomic E-state index is -1.04. The first-order chi connectivity index (χ1) is 9.58. The van der Waals surface area contributed by atoms with Gasteiger partial charge in [-0.3, -0.25) is 0 Å². The van der Waals surface area contributed by atoms with Crippen LogP contribution >= 0.6 is 0 Å². The summed E-state index contributed by atoms with van der Waals surface area (Å²) in [5.74, 6) is 0.171. The van der Waals surface area contributed by atoms with Crippen LogP contribution in [0.2, 0.25) is 0 Å². The Hall–Kier alpha value is -2.43. The van der Waals surface area contributed by atoms with Gasteiger partial charge in [-0.25, -0.2) is 14.8 Å². The van der Waals surface area contributed by atoms with Gasteiger partial charge in [0.25, 0.3) is 0 Å². The van der Waals surface area contributed by atoms with Crippen molar-refractivity contribution in [1.82, 2.24) is 9.97 Å². The Bertz CT molecular complexity index is 594. The zero-order chi connectivity index (χ0) is 14.5. The molecule has 0 radical (unpaired) electrons. The van der Waals surface area contributed by atoms with Gasteiger partial charge in [-0.05, 0) is 30.2 Å². The highest BCUT2D eigenvalue weighted by Crippen LogP contribution is 2.23. The highest BCUT2D eigenvalue weighted by Gasteiger charge is 2.13. The average molecular weight is 272 g/mol. The van der Waals surface area contributed by atoms with E-state index in [2.05, 4.69) is 23.8 Å². The molecular formula is C15H16N2O3. The quantitative estimate of drug-likeness (QED) is 0.906. The zero-order valence-corrected chi connectivity index (χ0v) is 11.4. The van der Waals surface area contributed by atoms with E-state index in [4.69, 9.17) is 9.84 Å². The Morgan fingerprint density at radius 1 is 1.30 bits per heavy atom. The van der Waals surface area contributed by atoms with Crippen LogP contribution < -0.4 is 4.74 Å². The molecule has 0 amide bonds. The number of hydrogen-bond donors (Lipinski definition) is 1. The zero-order valence-electron chi connectivity index (χ0n) is 11.4. The lowest BCUT2D eigenvalue weighted by molar-refractivity contribution is 0.0697. The van der Waals surface area contributed by atoms with Crippen LogP contribution in [0, 0.1) is 5.92 Å². The van der Waals surface area contributed by atoms with Gasteiger partial charge in [0.05, 0.1) is 12.3 Å². The van der Waals surface area contributed by atoms with Crippen LogP contribution in [0.1, 0.15) is 24.2 Å². The molecule has 1 heterocycles. The smallest absolute Gasteiger partial charge is 0.339 e. The maximum absolute atomic E-state index is 11.1. The first-order valence-electron chi connectivity index (χ1n) is 6.34. The Kier molecular flexibility index (Phi) is 4.30. The third-order valence-corrected chi connectivity index (χ3v) is 2.65. The molecule has 104 valence electrons. The summed E-state index contributed by atoms with van der Waals surface area (Å²) < 4.78 is 5.59. The predicted molar refractivity (Wildman–Crippen MR) is 74.8 cm³/mol. The predicted octanol–water partition coefficient (Wildman–Crippen LogP) is 2.88. The summed E-state index contributed by atoms with van der Waals surface area (Å²) in [6.45, 7) is 4.80. The monoisotopic (exact) mass is 272 g/mol. The van der Waals surface area contributed by atoms with Gasteiger partial charge < -0.3 is 9.84 Å². The van der Waals surface area contributed by atoms with Crippen molar-refractivity contribution in [2.45, 2.75) is 13.8 Å². The fourth-order valence-electron chi connectivity index (χ4n) is 1.69. The molecule has 20 heavy (non-hydrogen) atoms. The number of carboxylic acids is 1. The van der Waals surface area contributed by atoms with Crippen molar-refractivity contribution in [2.24, 2.45) is 5.92 Å². The number of nitrogens with zero attached hydrogens (tertiary/aromatic N) is 2. The second-order valence-corrected chi connectivity index (χ2v) is 4.82. The number of aromatic carboxylic acids is 1. The summed E-state index contributed by atoms with van der Waals surface area (Å²) in [6, 6.07) is 7.21. The molecule has 5 nitrogen and oxygen atoms in total. The molecule has 2 aromatic rings. The van der Waals surface area contributed by atoms with Crippen molar-refractivity contribution in [2.75, 3.05) is 6.61 Å². The van der Waals surface area contributed by atoms with Gasteiger partial charge in [-0.2, -0.15) is 0 Å². The molecule has 0 aliphatic rings. The van der Waals surface area contributed by atoms with Crippen LogP contribution in [0.3, 0.4) is 0 Å². The topological polar surface area (TPSA) is 72.3 Å². The third kappa shape index (κ3) is 3.32. The van der Waals surface area contributed by atoms with Crippen LogP contribution in [-0.2, 0) is 0 Å². The second-order valence-electron chi connectivity index (χ2n) is 4.82. The van der Waals surface area contributed by atoms with Gasteiger partial charge >= 0.3 is 5.97 Å². The van der Waals surface area contributed by atoms with Gasteiger partial charge in [0.15, 0.2) is 0 Å². The molecule has 0 saturated carbocycles. The standard InChI is InChI=1S/C15H16N2O3/c1-10(2)8-20-12-5-3-11(4-6-12)14-13(15(18)19)7-16-9-17-14/h3-7,9-10H,8H2,1-2H3,(H,18,19). The molecule has 1 aromatic carbocycles. The van der Waals surface area contributed by atoms with E-state index in [0.29, 0.717) is 18.2 Å². The molecule has 0 fully saturated rings. The SMILES string of the molecule is CC(C)COc1ccc(-c2ncncc2C(=O)O)cc1. The Morgan fingerprint density at radius 2 is 2.00 bits per heavy atom. The molecular weight excluding hydrogens is 256 g/mol. The highest BCUT2D eigenvalue weighted by atomic mass is 16.5. The van der Waals surface area contributed by atoms with E-state index in [1.165, 1.54) is 12.5 Å². The van der Waals surface area contributed by atoms with Crippen LogP contribution in [0.15, 0.2) is 36.8 Å². The summed E-state index contributed by atoms with van der Waals surface area (Å²) in [5.41, 5.74) is 1.22. The third-order valence-electron chi connectivity index (χ3n) is 2.65. The highest BCUT2D eigenvalue weighted by molar-refractivity contribution is 5.94. The maximum Gasteiger partial charge on any atom is 0.339 e. The minimum absolute atomic E-state index is 0.0864. The molecule has 0 aliphatic carbocycles. The Labute approximate surface area is 117 Å². The molecule has 0 atom stereocenters. The summed E-state index contributed by atoms with van der Waals surface area (Å²) in [4.78, 5) is 18.9. The average Bonchev–Trinajstić information content (AvgIpc) is 2.45.